The lowest BCUT2D eigenvalue weighted by Crippen LogP contribution is -2.52. The molecule has 0 aromatic heterocycles. The van der Waals surface area contributed by atoms with Crippen LogP contribution in [0.3, 0.4) is 0 Å². The number of hydrogen-bond donors (Lipinski definition) is 1. The van der Waals surface area contributed by atoms with Crippen molar-refractivity contribution in [2.75, 3.05) is 33.2 Å². The summed E-state index contributed by atoms with van der Waals surface area (Å²) in [5, 5.41) is 3.70. The second-order valence-corrected chi connectivity index (χ2v) is 5.43. The number of rotatable bonds is 3. The van der Waals surface area contributed by atoms with Gasteiger partial charge in [-0.2, -0.15) is 0 Å². The quantitative estimate of drug-likeness (QED) is 0.731. The molecule has 0 aromatic carbocycles. The summed E-state index contributed by atoms with van der Waals surface area (Å²) >= 11 is 0. The SMILES string of the molecule is C#CCN1CCC(NC2CCC(=O)N(C)C2)CC1. The molecule has 0 saturated carbocycles. The van der Waals surface area contributed by atoms with Gasteiger partial charge in [0.15, 0.2) is 0 Å². The number of carbonyl (C=O) groups excluding carboxylic acids is 1. The molecule has 2 fully saturated rings. The van der Waals surface area contributed by atoms with Crippen LogP contribution in [0, 0.1) is 12.3 Å². The zero-order valence-electron chi connectivity index (χ0n) is 11.2. The Hall–Kier alpha value is -1.05. The summed E-state index contributed by atoms with van der Waals surface area (Å²) in [4.78, 5) is 15.6. The van der Waals surface area contributed by atoms with E-state index in [1.807, 2.05) is 11.9 Å². The summed E-state index contributed by atoms with van der Waals surface area (Å²) in [5.74, 6) is 2.98. The van der Waals surface area contributed by atoms with Crippen molar-refractivity contribution >= 4 is 5.91 Å². The fourth-order valence-corrected chi connectivity index (χ4v) is 2.87. The minimum atomic E-state index is 0.275. The van der Waals surface area contributed by atoms with E-state index in [1.165, 1.54) is 0 Å². The highest BCUT2D eigenvalue weighted by Crippen LogP contribution is 2.15. The summed E-state index contributed by atoms with van der Waals surface area (Å²) in [5.41, 5.74) is 0. The van der Waals surface area contributed by atoms with Gasteiger partial charge in [-0.25, -0.2) is 0 Å². The topological polar surface area (TPSA) is 35.6 Å². The van der Waals surface area contributed by atoms with Crippen LogP contribution < -0.4 is 5.32 Å². The summed E-state index contributed by atoms with van der Waals surface area (Å²) < 4.78 is 0. The Morgan fingerprint density at radius 2 is 2.06 bits per heavy atom. The highest BCUT2D eigenvalue weighted by molar-refractivity contribution is 5.76. The van der Waals surface area contributed by atoms with Gasteiger partial charge < -0.3 is 10.2 Å². The molecule has 4 nitrogen and oxygen atoms in total. The maximum atomic E-state index is 11.4. The normalized spacial score (nSPS) is 27.2. The molecule has 4 heteroatoms. The van der Waals surface area contributed by atoms with Crippen LogP contribution in [0.25, 0.3) is 0 Å². The smallest absolute Gasteiger partial charge is 0.222 e. The van der Waals surface area contributed by atoms with Gasteiger partial charge in [0.25, 0.3) is 0 Å². The van der Waals surface area contributed by atoms with E-state index in [2.05, 4.69) is 16.1 Å². The standard InChI is InChI=1S/C14H23N3O/c1-3-8-17-9-6-12(7-10-17)15-13-4-5-14(18)16(2)11-13/h1,12-13,15H,4-11H2,2H3. The number of nitrogens with zero attached hydrogens (tertiary/aromatic N) is 2. The summed E-state index contributed by atoms with van der Waals surface area (Å²) in [6.45, 7) is 3.80. The monoisotopic (exact) mass is 249 g/mol. The molecule has 2 heterocycles. The Bertz CT molecular complexity index is 328. The lowest BCUT2D eigenvalue weighted by Gasteiger charge is -2.36. The van der Waals surface area contributed by atoms with E-state index in [-0.39, 0.29) is 5.91 Å². The molecule has 0 aromatic rings. The fraction of sp³-hybridized carbons (Fsp3) is 0.786. The number of hydrogen-bond acceptors (Lipinski definition) is 3. The van der Waals surface area contributed by atoms with Crippen LogP contribution in [-0.4, -0.2) is 61.0 Å². The molecule has 0 spiro atoms. The Morgan fingerprint density at radius 1 is 1.33 bits per heavy atom. The van der Waals surface area contributed by atoms with E-state index >= 15 is 0 Å². The Labute approximate surface area is 110 Å². The molecular formula is C14H23N3O. The number of carbonyl (C=O) groups is 1. The zero-order chi connectivity index (χ0) is 13.0. The van der Waals surface area contributed by atoms with Crippen LogP contribution in [0.15, 0.2) is 0 Å². The van der Waals surface area contributed by atoms with Gasteiger partial charge in [-0.1, -0.05) is 5.92 Å². The van der Waals surface area contributed by atoms with E-state index in [1.54, 1.807) is 0 Å². The lowest BCUT2D eigenvalue weighted by molar-refractivity contribution is -0.132. The van der Waals surface area contributed by atoms with Crippen molar-refractivity contribution in [2.24, 2.45) is 0 Å². The largest absolute Gasteiger partial charge is 0.344 e. The van der Waals surface area contributed by atoms with Crippen LogP contribution >= 0.6 is 0 Å². The van der Waals surface area contributed by atoms with Crippen molar-refractivity contribution in [1.29, 1.82) is 0 Å². The zero-order valence-corrected chi connectivity index (χ0v) is 11.2. The van der Waals surface area contributed by atoms with Crippen molar-refractivity contribution in [1.82, 2.24) is 15.1 Å². The van der Waals surface area contributed by atoms with Crippen LogP contribution in [0.4, 0.5) is 0 Å². The Kier molecular flexibility index (Phi) is 4.62. The summed E-state index contributed by atoms with van der Waals surface area (Å²) in [6.07, 6.45) is 9.32. The minimum absolute atomic E-state index is 0.275. The highest BCUT2D eigenvalue weighted by atomic mass is 16.2. The number of terminal acetylenes is 1. The van der Waals surface area contributed by atoms with Gasteiger partial charge in [0, 0.05) is 45.2 Å². The maximum Gasteiger partial charge on any atom is 0.222 e. The van der Waals surface area contributed by atoms with Gasteiger partial charge in [-0.3, -0.25) is 9.69 Å². The third-order valence-corrected chi connectivity index (χ3v) is 4.00. The van der Waals surface area contributed by atoms with Gasteiger partial charge in [0.1, 0.15) is 0 Å². The van der Waals surface area contributed by atoms with Gasteiger partial charge in [-0.05, 0) is 19.3 Å². The van der Waals surface area contributed by atoms with Crippen molar-refractivity contribution < 1.29 is 4.79 Å². The predicted molar refractivity (Wildman–Crippen MR) is 72.1 cm³/mol. The van der Waals surface area contributed by atoms with E-state index in [0.29, 0.717) is 18.5 Å². The van der Waals surface area contributed by atoms with Crippen LogP contribution in [0.5, 0.6) is 0 Å². The summed E-state index contributed by atoms with van der Waals surface area (Å²) in [6, 6.07) is 1.06. The second kappa shape index (κ2) is 6.21. The van der Waals surface area contributed by atoms with Gasteiger partial charge in [0.2, 0.25) is 5.91 Å². The molecule has 1 unspecified atom stereocenters. The molecule has 18 heavy (non-hydrogen) atoms. The molecule has 0 radical (unpaired) electrons. The molecule has 100 valence electrons. The first-order valence-corrected chi connectivity index (χ1v) is 6.85. The molecular weight excluding hydrogens is 226 g/mol. The first-order chi connectivity index (χ1) is 8.69. The number of nitrogens with one attached hydrogen (secondary N) is 1. The number of likely N-dealkylation sites (tertiary alicyclic amines) is 2. The van der Waals surface area contributed by atoms with Gasteiger partial charge in [-0.15, -0.1) is 6.42 Å². The van der Waals surface area contributed by atoms with E-state index < -0.39 is 0 Å². The molecule has 2 rings (SSSR count). The molecule has 1 N–H and O–H groups in total. The first kappa shape index (κ1) is 13.4. The molecule has 0 bridgehead atoms. The second-order valence-electron chi connectivity index (χ2n) is 5.43. The fourth-order valence-electron chi connectivity index (χ4n) is 2.87. The number of likely N-dealkylation sites (N-methyl/N-ethyl adjacent to an activating group) is 1. The van der Waals surface area contributed by atoms with Crippen molar-refractivity contribution in [3.8, 4) is 12.3 Å². The molecule has 0 aliphatic carbocycles. The summed E-state index contributed by atoms with van der Waals surface area (Å²) in [7, 11) is 1.89. The molecule has 2 aliphatic rings. The molecule has 1 amide bonds. The van der Waals surface area contributed by atoms with Crippen molar-refractivity contribution in [3.05, 3.63) is 0 Å². The Morgan fingerprint density at radius 3 is 2.67 bits per heavy atom. The lowest BCUT2D eigenvalue weighted by atomic mass is 10.00. The minimum Gasteiger partial charge on any atom is -0.344 e. The van der Waals surface area contributed by atoms with Crippen LogP contribution in [0.1, 0.15) is 25.7 Å². The predicted octanol–water partition coefficient (Wildman–Crippen LogP) is 0.294. The molecule has 1 atom stereocenters. The third-order valence-electron chi connectivity index (χ3n) is 4.00. The highest BCUT2D eigenvalue weighted by Gasteiger charge is 2.26. The average Bonchev–Trinajstić information content (AvgIpc) is 2.37. The van der Waals surface area contributed by atoms with Gasteiger partial charge in [0.05, 0.1) is 6.54 Å². The molecule has 2 aliphatic heterocycles. The van der Waals surface area contributed by atoms with Crippen LogP contribution in [0.2, 0.25) is 0 Å². The average molecular weight is 249 g/mol. The van der Waals surface area contributed by atoms with Crippen molar-refractivity contribution in [2.45, 2.75) is 37.8 Å². The van der Waals surface area contributed by atoms with Crippen molar-refractivity contribution in [3.63, 3.8) is 0 Å². The van der Waals surface area contributed by atoms with Crippen LogP contribution in [-0.2, 0) is 4.79 Å². The number of piperidine rings is 2. The molecule has 2 saturated heterocycles. The first-order valence-electron chi connectivity index (χ1n) is 6.85. The van der Waals surface area contributed by atoms with E-state index in [9.17, 15) is 4.79 Å². The number of amides is 1. The Balaban J connectivity index is 1.72. The maximum absolute atomic E-state index is 11.4. The van der Waals surface area contributed by atoms with E-state index in [4.69, 9.17) is 6.42 Å². The van der Waals surface area contributed by atoms with E-state index in [0.717, 1.165) is 45.4 Å². The third kappa shape index (κ3) is 3.47. The van der Waals surface area contributed by atoms with Gasteiger partial charge >= 0.3 is 0 Å².